The van der Waals surface area contributed by atoms with Gasteiger partial charge in [0.15, 0.2) is 5.96 Å². The van der Waals surface area contributed by atoms with Crippen LogP contribution in [0.4, 0.5) is 0 Å². The van der Waals surface area contributed by atoms with E-state index >= 15 is 0 Å². The van der Waals surface area contributed by atoms with E-state index in [0.29, 0.717) is 12.0 Å². The molecular weight excluding hydrogens is 369 g/mol. The molecule has 3 N–H and O–H groups in total. The summed E-state index contributed by atoms with van der Waals surface area (Å²) in [6, 6.07) is 10.9. The number of guanidine groups is 1. The lowest BCUT2D eigenvalue weighted by atomic mass is 10.4. The Morgan fingerprint density at radius 1 is 1.37 bits per heavy atom. The van der Waals surface area contributed by atoms with E-state index < -0.39 is 0 Å². The first-order valence-corrected chi connectivity index (χ1v) is 7.22. The van der Waals surface area contributed by atoms with E-state index in [0.717, 1.165) is 6.54 Å². The van der Waals surface area contributed by atoms with Crippen molar-refractivity contribution in [1.82, 2.24) is 5.32 Å². The standard InChI is InChI=1S/C14H21N3S.HI/c1-11(2)17-13(15)16-10-14(8-9-14)18-12-6-4-3-5-7-12;/h3-7,11H,8-10H2,1-2H3,(H3,15,16,17);1H. The number of halogens is 1. The topological polar surface area (TPSA) is 50.4 Å². The number of nitrogens with one attached hydrogen (secondary N) is 1. The predicted molar refractivity (Wildman–Crippen MR) is 94.4 cm³/mol. The van der Waals surface area contributed by atoms with Crippen molar-refractivity contribution in [3.8, 4) is 0 Å². The van der Waals surface area contributed by atoms with Crippen LogP contribution in [0.3, 0.4) is 0 Å². The maximum absolute atomic E-state index is 5.83. The highest BCUT2D eigenvalue weighted by Gasteiger charge is 2.43. The molecule has 0 spiro atoms. The van der Waals surface area contributed by atoms with E-state index in [1.54, 1.807) is 0 Å². The molecule has 0 amide bonds. The molecule has 5 heteroatoms. The van der Waals surface area contributed by atoms with Crippen LogP contribution < -0.4 is 11.1 Å². The van der Waals surface area contributed by atoms with E-state index in [4.69, 9.17) is 5.73 Å². The Morgan fingerprint density at radius 2 is 2.00 bits per heavy atom. The number of aliphatic imine (C=N–C) groups is 1. The fourth-order valence-corrected chi connectivity index (χ4v) is 2.97. The molecule has 0 aliphatic heterocycles. The van der Waals surface area contributed by atoms with Gasteiger partial charge in [-0.3, -0.25) is 4.99 Å². The fraction of sp³-hybridized carbons (Fsp3) is 0.500. The van der Waals surface area contributed by atoms with Gasteiger partial charge in [-0.1, -0.05) is 18.2 Å². The average Bonchev–Trinajstić information content (AvgIpc) is 3.07. The van der Waals surface area contributed by atoms with Gasteiger partial charge in [-0.25, -0.2) is 0 Å². The summed E-state index contributed by atoms with van der Waals surface area (Å²) in [5.41, 5.74) is 5.83. The van der Waals surface area contributed by atoms with Crippen molar-refractivity contribution >= 4 is 41.7 Å². The number of nitrogens with two attached hydrogens (primary N) is 1. The summed E-state index contributed by atoms with van der Waals surface area (Å²) in [7, 11) is 0. The third-order valence-corrected chi connectivity index (χ3v) is 4.34. The van der Waals surface area contributed by atoms with Crippen molar-refractivity contribution < 1.29 is 0 Å². The van der Waals surface area contributed by atoms with Crippen LogP contribution in [0.2, 0.25) is 0 Å². The largest absolute Gasteiger partial charge is 0.370 e. The first kappa shape index (κ1) is 16.6. The first-order chi connectivity index (χ1) is 8.60. The monoisotopic (exact) mass is 391 g/mol. The second-order valence-corrected chi connectivity index (χ2v) is 6.64. The Labute approximate surface area is 136 Å². The lowest BCUT2D eigenvalue weighted by Crippen LogP contribution is -2.37. The van der Waals surface area contributed by atoms with E-state index in [9.17, 15) is 0 Å². The molecular formula is C14H22IN3S. The van der Waals surface area contributed by atoms with Crippen molar-refractivity contribution in [2.75, 3.05) is 6.54 Å². The van der Waals surface area contributed by atoms with E-state index in [-0.39, 0.29) is 28.7 Å². The molecule has 3 nitrogen and oxygen atoms in total. The molecule has 0 bridgehead atoms. The molecule has 1 aromatic carbocycles. The SMILES string of the molecule is CC(C)NC(N)=NCC1(Sc2ccccc2)CC1.I. The molecule has 1 saturated carbocycles. The highest BCUT2D eigenvalue weighted by Crippen LogP contribution is 2.51. The molecule has 106 valence electrons. The Hall–Kier alpha value is -0.430. The molecule has 1 aromatic rings. The smallest absolute Gasteiger partial charge is 0.188 e. The van der Waals surface area contributed by atoms with Gasteiger partial charge in [-0.05, 0) is 38.8 Å². The van der Waals surface area contributed by atoms with E-state index in [1.165, 1.54) is 17.7 Å². The molecule has 1 aliphatic carbocycles. The van der Waals surface area contributed by atoms with Gasteiger partial charge in [0.1, 0.15) is 0 Å². The number of hydrogen-bond acceptors (Lipinski definition) is 2. The van der Waals surface area contributed by atoms with Crippen LogP contribution in [-0.4, -0.2) is 23.3 Å². The normalized spacial score (nSPS) is 16.9. The molecule has 0 atom stereocenters. The van der Waals surface area contributed by atoms with Gasteiger partial charge in [-0.15, -0.1) is 35.7 Å². The summed E-state index contributed by atoms with van der Waals surface area (Å²) < 4.78 is 0.282. The van der Waals surface area contributed by atoms with Crippen LogP contribution in [0.5, 0.6) is 0 Å². The fourth-order valence-electron chi connectivity index (χ4n) is 1.74. The van der Waals surface area contributed by atoms with Crippen LogP contribution >= 0.6 is 35.7 Å². The molecule has 19 heavy (non-hydrogen) atoms. The van der Waals surface area contributed by atoms with E-state index in [2.05, 4.69) is 48.4 Å². The summed E-state index contributed by atoms with van der Waals surface area (Å²) in [6.45, 7) is 4.93. The lowest BCUT2D eigenvalue weighted by Gasteiger charge is -2.14. The maximum atomic E-state index is 5.83. The summed E-state index contributed by atoms with van der Waals surface area (Å²) >= 11 is 1.93. The van der Waals surface area contributed by atoms with Crippen LogP contribution in [-0.2, 0) is 0 Å². The maximum Gasteiger partial charge on any atom is 0.188 e. The number of thioether (sulfide) groups is 1. The number of hydrogen-bond donors (Lipinski definition) is 2. The zero-order valence-corrected chi connectivity index (χ0v) is 14.6. The Balaban J connectivity index is 0.00000180. The number of benzene rings is 1. The molecule has 0 aromatic heterocycles. The van der Waals surface area contributed by atoms with Crippen molar-refractivity contribution in [1.29, 1.82) is 0 Å². The lowest BCUT2D eigenvalue weighted by molar-refractivity contribution is 0.721. The van der Waals surface area contributed by atoms with Crippen molar-refractivity contribution in [3.05, 3.63) is 30.3 Å². The molecule has 0 saturated heterocycles. The van der Waals surface area contributed by atoms with Gasteiger partial charge in [0, 0.05) is 15.7 Å². The van der Waals surface area contributed by atoms with Gasteiger partial charge in [0.2, 0.25) is 0 Å². The van der Waals surface area contributed by atoms with Crippen molar-refractivity contribution in [2.45, 2.75) is 42.4 Å². The first-order valence-electron chi connectivity index (χ1n) is 6.40. The third kappa shape index (κ3) is 5.60. The van der Waals surface area contributed by atoms with Crippen LogP contribution in [0, 0.1) is 0 Å². The second kappa shape index (κ2) is 7.38. The highest BCUT2D eigenvalue weighted by molar-refractivity contribution is 14.0. The van der Waals surface area contributed by atoms with Gasteiger partial charge >= 0.3 is 0 Å². The minimum absolute atomic E-state index is 0. The Kier molecular flexibility index (Phi) is 6.46. The molecule has 0 unspecified atom stereocenters. The number of rotatable bonds is 5. The van der Waals surface area contributed by atoms with Crippen LogP contribution in [0.15, 0.2) is 40.2 Å². The molecule has 1 fully saturated rings. The van der Waals surface area contributed by atoms with Gasteiger partial charge in [-0.2, -0.15) is 0 Å². The van der Waals surface area contributed by atoms with Crippen LogP contribution in [0.25, 0.3) is 0 Å². The van der Waals surface area contributed by atoms with Gasteiger partial charge in [0.25, 0.3) is 0 Å². The summed E-state index contributed by atoms with van der Waals surface area (Å²) in [4.78, 5) is 5.78. The zero-order chi connectivity index (χ0) is 13.0. The predicted octanol–water partition coefficient (Wildman–Crippen LogP) is 3.24. The highest BCUT2D eigenvalue weighted by atomic mass is 127. The number of nitrogens with zero attached hydrogens (tertiary/aromatic N) is 1. The average molecular weight is 391 g/mol. The zero-order valence-electron chi connectivity index (χ0n) is 11.4. The Morgan fingerprint density at radius 3 is 2.53 bits per heavy atom. The minimum Gasteiger partial charge on any atom is -0.370 e. The van der Waals surface area contributed by atoms with Crippen molar-refractivity contribution in [2.24, 2.45) is 10.7 Å². The van der Waals surface area contributed by atoms with Crippen molar-refractivity contribution in [3.63, 3.8) is 0 Å². The summed E-state index contributed by atoms with van der Waals surface area (Å²) in [5, 5.41) is 3.13. The third-order valence-electron chi connectivity index (χ3n) is 2.86. The molecule has 0 radical (unpaired) electrons. The molecule has 2 rings (SSSR count). The van der Waals surface area contributed by atoms with Gasteiger partial charge in [0.05, 0.1) is 6.54 Å². The van der Waals surface area contributed by atoms with E-state index in [1.807, 2.05) is 17.8 Å². The second-order valence-electron chi connectivity index (χ2n) is 5.10. The quantitative estimate of drug-likeness (QED) is 0.460. The van der Waals surface area contributed by atoms with Crippen LogP contribution in [0.1, 0.15) is 26.7 Å². The molecule has 0 heterocycles. The van der Waals surface area contributed by atoms with Gasteiger partial charge < -0.3 is 11.1 Å². The Bertz CT molecular complexity index is 416. The molecule has 1 aliphatic rings. The summed E-state index contributed by atoms with van der Waals surface area (Å²) in [6.07, 6.45) is 2.45. The minimum atomic E-state index is 0. The summed E-state index contributed by atoms with van der Waals surface area (Å²) in [5.74, 6) is 0.560.